The van der Waals surface area contributed by atoms with Gasteiger partial charge < -0.3 is 14.8 Å². The van der Waals surface area contributed by atoms with E-state index in [9.17, 15) is 9.59 Å². The van der Waals surface area contributed by atoms with Gasteiger partial charge in [-0.15, -0.1) is 0 Å². The molecule has 0 aliphatic heterocycles. The number of carbonyl (C=O) groups excluding carboxylic acids is 1. The molecule has 0 atom stereocenters. The lowest BCUT2D eigenvalue weighted by Gasteiger charge is -2.31. The van der Waals surface area contributed by atoms with Crippen molar-refractivity contribution >= 4 is 23.5 Å². The molecular weight excluding hydrogens is 342 g/mol. The summed E-state index contributed by atoms with van der Waals surface area (Å²) >= 11 is 5.99. The van der Waals surface area contributed by atoms with Crippen molar-refractivity contribution < 1.29 is 19.1 Å². The molecule has 132 valence electrons. The molecule has 1 saturated carbocycles. The van der Waals surface area contributed by atoms with Gasteiger partial charge in [-0.1, -0.05) is 36.6 Å². The molecule has 0 radical (unpaired) electrons. The molecule has 25 heavy (non-hydrogen) atoms. The Kier molecular flexibility index (Phi) is 4.86. The third kappa shape index (κ3) is 3.56. The van der Waals surface area contributed by atoms with Crippen molar-refractivity contribution in [3.8, 4) is 0 Å². The maximum Gasteiger partial charge on any atom is 0.311 e. The third-order valence-corrected chi connectivity index (χ3v) is 5.05. The molecule has 2 N–H and O–H groups in total. The Labute approximate surface area is 151 Å². The second-order valence-electron chi connectivity index (χ2n) is 6.54. The quantitative estimate of drug-likeness (QED) is 0.841. The number of amides is 1. The first-order valence-corrected chi connectivity index (χ1v) is 8.66. The molecule has 1 aromatic heterocycles. The molecule has 1 aliphatic rings. The molecule has 1 fully saturated rings. The number of benzene rings is 1. The van der Waals surface area contributed by atoms with Crippen molar-refractivity contribution in [3.05, 3.63) is 58.0 Å². The van der Waals surface area contributed by atoms with Crippen LogP contribution in [-0.4, -0.2) is 17.0 Å². The minimum atomic E-state index is -1.03. The van der Waals surface area contributed by atoms with E-state index in [1.807, 2.05) is 24.3 Å². The van der Waals surface area contributed by atoms with Gasteiger partial charge in [0.25, 0.3) is 5.91 Å². The largest absolute Gasteiger partial charge is 0.481 e. The number of nitrogens with one attached hydrogen (secondary N) is 1. The highest BCUT2D eigenvalue weighted by molar-refractivity contribution is 6.30. The number of carboxylic acid groups (broad SMARTS) is 1. The van der Waals surface area contributed by atoms with Crippen LogP contribution < -0.4 is 5.32 Å². The number of hydrogen-bond acceptors (Lipinski definition) is 3. The van der Waals surface area contributed by atoms with E-state index in [1.54, 1.807) is 6.92 Å². The summed E-state index contributed by atoms with van der Waals surface area (Å²) in [7, 11) is 0. The van der Waals surface area contributed by atoms with Crippen molar-refractivity contribution in [1.82, 2.24) is 5.32 Å². The van der Waals surface area contributed by atoms with E-state index in [1.165, 1.54) is 6.26 Å². The summed E-state index contributed by atoms with van der Waals surface area (Å²) in [6.45, 7) is 1.74. The smallest absolute Gasteiger partial charge is 0.311 e. The van der Waals surface area contributed by atoms with Gasteiger partial charge in [-0.05, 0) is 37.5 Å². The first kappa shape index (κ1) is 17.5. The normalized spacial score (nSPS) is 15.9. The molecule has 0 bridgehead atoms. The van der Waals surface area contributed by atoms with E-state index < -0.39 is 11.5 Å². The van der Waals surface area contributed by atoms with Gasteiger partial charge in [0.1, 0.15) is 12.2 Å². The van der Waals surface area contributed by atoms with E-state index in [4.69, 9.17) is 21.1 Å². The van der Waals surface area contributed by atoms with Crippen LogP contribution in [0.4, 0.5) is 0 Å². The highest BCUT2D eigenvalue weighted by Crippen LogP contribution is 2.39. The minimum Gasteiger partial charge on any atom is -0.481 e. The first-order valence-electron chi connectivity index (χ1n) is 8.28. The Bertz CT molecular complexity index is 788. The van der Waals surface area contributed by atoms with E-state index in [2.05, 4.69) is 5.32 Å². The van der Waals surface area contributed by atoms with E-state index >= 15 is 0 Å². The molecule has 1 aromatic carbocycles. The second kappa shape index (κ2) is 6.92. The molecule has 1 aliphatic carbocycles. The van der Waals surface area contributed by atoms with Gasteiger partial charge >= 0.3 is 5.97 Å². The molecule has 2 aromatic rings. The summed E-state index contributed by atoms with van der Waals surface area (Å²) in [5.41, 5.74) is 1.52. The molecule has 1 heterocycles. The number of rotatable bonds is 5. The first-order chi connectivity index (χ1) is 11.9. The molecule has 3 rings (SSSR count). The maximum atomic E-state index is 12.9. The van der Waals surface area contributed by atoms with Crippen LogP contribution in [0.25, 0.3) is 0 Å². The molecule has 5 nitrogen and oxygen atoms in total. The summed E-state index contributed by atoms with van der Waals surface area (Å²) in [5, 5.41) is 12.8. The number of carboxylic acids is 1. The lowest BCUT2D eigenvalue weighted by Crippen LogP contribution is -2.44. The van der Waals surface area contributed by atoms with Crippen LogP contribution in [0, 0.1) is 6.92 Å². The lowest BCUT2D eigenvalue weighted by molar-refractivity contribution is -0.136. The van der Waals surface area contributed by atoms with Crippen LogP contribution in [0.1, 0.15) is 52.9 Å². The fourth-order valence-electron chi connectivity index (χ4n) is 3.58. The summed E-state index contributed by atoms with van der Waals surface area (Å²) in [4.78, 5) is 23.9. The zero-order valence-electron chi connectivity index (χ0n) is 14.0. The predicted molar refractivity (Wildman–Crippen MR) is 93.8 cm³/mol. The number of carbonyl (C=O) groups is 2. The summed E-state index contributed by atoms with van der Waals surface area (Å²) < 4.78 is 5.29. The van der Waals surface area contributed by atoms with Crippen LogP contribution in [0.15, 0.2) is 34.9 Å². The van der Waals surface area contributed by atoms with E-state index in [0.717, 1.165) is 31.2 Å². The fraction of sp³-hybridized carbons (Fsp3) is 0.368. The molecule has 0 unspecified atom stereocenters. The van der Waals surface area contributed by atoms with Crippen molar-refractivity contribution in [1.29, 1.82) is 0 Å². The highest BCUT2D eigenvalue weighted by atomic mass is 35.5. The average Bonchev–Trinajstić information content (AvgIpc) is 3.15. The van der Waals surface area contributed by atoms with Gasteiger partial charge in [-0.25, -0.2) is 0 Å². The Balaban J connectivity index is 1.91. The van der Waals surface area contributed by atoms with Gasteiger partial charge in [0.05, 0.1) is 17.4 Å². The minimum absolute atomic E-state index is 0.187. The van der Waals surface area contributed by atoms with Gasteiger partial charge in [-0.3, -0.25) is 9.59 Å². The lowest BCUT2D eigenvalue weighted by atomic mass is 9.87. The van der Waals surface area contributed by atoms with Crippen molar-refractivity contribution in [2.45, 2.75) is 44.6 Å². The predicted octanol–water partition coefficient (Wildman–Crippen LogP) is 4.07. The Hall–Kier alpha value is -2.27. The molecule has 0 spiro atoms. The SMILES string of the molecule is Cc1coc(CC(=O)O)c1C(=O)NC1(c2ccc(Cl)cc2)CCCC1. The van der Waals surface area contributed by atoms with Gasteiger partial charge in [0, 0.05) is 10.6 Å². The zero-order valence-corrected chi connectivity index (χ0v) is 14.7. The molecule has 1 amide bonds. The summed E-state index contributed by atoms with van der Waals surface area (Å²) in [6, 6.07) is 7.52. The Morgan fingerprint density at radius 3 is 2.48 bits per heavy atom. The van der Waals surface area contributed by atoms with Crippen LogP contribution in [-0.2, 0) is 16.8 Å². The zero-order chi connectivity index (χ0) is 18.0. The highest BCUT2D eigenvalue weighted by Gasteiger charge is 2.38. The van der Waals surface area contributed by atoms with Crippen LogP contribution in [0.3, 0.4) is 0 Å². The summed E-state index contributed by atoms with van der Waals surface area (Å²) in [6.07, 6.45) is 4.84. The molecule has 0 saturated heterocycles. The number of halogens is 1. The number of hydrogen-bond donors (Lipinski definition) is 2. The van der Waals surface area contributed by atoms with Crippen molar-refractivity contribution in [2.75, 3.05) is 0 Å². The number of aliphatic carboxylic acids is 1. The van der Waals surface area contributed by atoms with Crippen molar-refractivity contribution in [2.24, 2.45) is 0 Å². The van der Waals surface area contributed by atoms with E-state index in [0.29, 0.717) is 16.1 Å². The summed E-state index contributed by atoms with van der Waals surface area (Å²) in [5.74, 6) is -1.14. The topological polar surface area (TPSA) is 79.5 Å². The molecule has 6 heteroatoms. The van der Waals surface area contributed by atoms with Gasteiger partial charge in [-0.2, -0.15) is 0 Å². The second-order valence-corrected chi connectivity index (χ2v) is 6.97. The monoisotopic (exact) mass is 361 g/mol. The standard InChI is InChI=1S/C19H20ClNO4/c1-12-11-25-15(10-16(22)23)17(12)18(24)21-19(8-2-3-9-19)13-4-6-14(20)7-5-13/h4-7,11H,2-3,8-10H2,1H3,(H,21,24)(H,22,23). The third-order valence-electron chi connectivity index (χ3n) is 4.80. The Morgan fingerprint density at radius 1 is 1.24 bits per heavy atom. The fourth-order valence-corrected chi connectivity index (χ4v) is 3.71. The Morgan fingerprint density at radius 2 is 1.88 bits per heavy atom. The maximum absolute atomic E-state index is 12.9. The number of aryl methyl sites for hydroxylation is 1. The van der Waals surface area contributed by atoms with Crippen LogP contribution >= 0.6 is 11.6 Å². The van der Waals surface area contributed by atoms with Gasteiger partial charge in [0.15, 0.2) is 0 Å². The van der Waals surface area contributed by atoms with Crippen LogP contribution in [0.5, 0.6) is 0 Å². The number of furan rings is 1. The van der Waals surface area contributed by atoms with E-state index in [-0.39, 0.29) is 18.1 Å². The van der Waals surface area contributed by atoms with Crippen LogP contribution in [0.2, 0.25) is 5.02 Å². The average molecular weight is 362 g/mol. The van der Waals surface area contributed by atoms with Gasteiger partial charge in [0.2, 0.25) is 0 Å². The van der Waals surface area contributed by atoms with Crippen molar-refractivity contribution in [3.63, 3.8) is 0 Å². The molecular formula is C19H20ClNO4.